The topological polar surface area (TPSA) is 83.7 Å². The van der Waals surface area contributed by atoms with Crippen LogP contribution in [0.2, 0.25) is 0 Å². The van der Waals surface area contributed by atoms with Crippen molar-refractivity contribution >= 4 is 17.4 Å². The van der Waals surface area contributed by atoms with Gasteiger partial charge >= 0.3 is 5.97 Å². The van der Waals surface area contributed by atoms with Gasteiger partial charge in [0.15, 0.2) is 0 Å². The quantitative estimate of drug-likeness (QED) is 0.497. The molecule has 100 valence electrons. The average Bonchev–Trinajstić information content (AvgIpc) is 2.40. The Labute approximate surface area is 111 Å². The van der Waals surface area contributed by atoms with Crippen LogP contribution in [-0.2, 0) is 9.53 Å². The van der Waals surface area contributed by atoms with Crippen molar-refractivity contribution in [3.8, 4) is 11.8 Å². The average molecular weight is 261 g/mol. The van der Waals surface area contributed by atoms with E-state index in [9.17, 15) is 4.79 Å². The van der Waals surface area contributed by atoms with Crippen molar-refractivity contribution in [1.82, 2.24) is 0 Å². The highest BCUT2D eigenvalue weighted by Gasteiger charge is 2.12. The zero-order valence-electron chi connectivity index (χ0n) is 11.1. The molecule has 6 nitrogen and oxygen atoms in total. The number of carbonyl (C=O) groups is 1. The molecule has 0 unspecified atom stereocenters. The summed E-state index contributed by atoms with van der Waals surface area (Å²) in [5.41, 5.74) is 3.86. The fourth-order valence-corrected chi connectivity index (χ4v) is 1.34. The van der Waals surface area contributed by atoms with Crippen molar-refractivity contribution < 1.29 is 14.3 Å². The third kappa shape index (κ3) is 4.00. The number of rotatable bonds is 5. The van der Waals surface area contributed by atoms with Gasteiger partial charge in [-0.3, -0.25) is 5.43 Å². The van der Waals surface area contributed by atoms with E-state index in [1.165, 1.54) is 7.11 Å². The van der Waals surface area contributed by atoms with E-state index in [0.717, 1.165) is 5.56 Å². The van der Waals surface area contributed by atoms with Crippen LogP contribution >= 0.6 is 0 Å². The fraction of sp³-hybridized carbons (Fsp3) is 0.308. The zero-order chi connectivity index (χ0) is 14.3. The molecular weight excluding hydrogens is 246 g/mol. The summed E-state index contributed by atoms with van der Waals surface area (Å²) < 4.78 is 9.84. The predicted octanol–water partition coefficient (Wildman–Crippen LogP) is 1.86. The van der Waals surface area contributed by atoms with E-state index in [-0.39, 0.29) is 12.3 Å². The third-order valence-electron chi connectivity index (χ3n) is 2.22. The van der Waals surface area contributed by atoms with E-state index >= 15 is 0 Å². The van der Waals surface area contributed by atoms with Gasteiger partial charge in [-0.25, -0.2) is 4.79 Å². The van der Waals surface area contributed by atoms with Crippen molar-refractivity contribution in [2.75, 3.05) is 19.1 Å². The van der Waals surface area contributed by atoms with Crippen LogP contribution in [0.15, 0.2) is 23.3 Å². The number of aryl methyl sites for hydroxylation is 1. The minimum Gasteiger partial charge on any atom is -0.495 e. The van der Waals surface area contributed by atoms with E-state index in [1.807, 2.05) is 13.0 Å². The first-order valence-electron chi connectivity index (χ1n) is 5.68. The number of benzene rings is 1. The monoisotopic (exact) mass is 261 g/mol. The molecule has 0 saturated carbocycles. The number of methoxy groups -OCH3 is 1. The van der Waals surface area contributed by atoms with Crippen LogP contribution in [0.3, 0.4) is 0 Å². The lowest BCUT2D eigenvalue weighted by atomic mass is 10.2. The van der Waals surface area contributed by atoms with Gasteiger partial charge in [-0.15, -0.1) is 0 Å². The summed E-state index contributed by atoms with van der Waals surface area (Å²) in [5.74, 6) is -0.195. The number of hydrogen-bond acceptors (Lipinski definition) is 6. The van der Waals surface area contributed by atoms with E-state index in [1.54, 1.807) is 25.1 Å². The third-order valence-corrected chi connectivity index (χ3v) is 2.22. The molecule has 1 rings (SSSR count). The lowest BCUT2D eigenvalue weighted by Gasteiger charge is -2.08. The van der Waals surface area contributed by atoms with Gasteiger partial charge in [-0.05, 0) is 31.5 Å². The minimum atomic E-state index is -0.760. The van der Waals surface area contributed by atoms with Crippen molar-refractivity contribution in [3.63, 3.8) is 0 Å². The van der Waals surface area contributed by atoms with Gasteiger partial charge in [-0.1, -0.05) is 6.07 Å². The van der Waals surface area contributed by atoms with Gasteiger partial charge in [0.05, 0.1) is 19.4 Å². The summed E-state index contributed by atoms with van der Waals surface area (Å²) in [7, 11) is 1.52. The first-order chi connectivity index (χ1) is 9.12. The molecule has 0 radical (unpaired) electrons. The molecule has 0 atom stereocenters. The maximum Gasteiger partial charge on any atom is 0.369 e. The molecule has 0 aromatic heterocycles. The molecule has 0 bridgehead atoms. The number of nitriles is 1. The Balaban J connectivity index is 2.93. The van der Waals surface area contributed by atoms with Gasteiger partial charge in [0.25, 0.3) is 0 Å². The van der Waals surface area contributed by atoms with Gasteiger partial charge in [0, 0.05) is 0 Å². The van der Waals surface area contributed by atoms with Gasteiger partial charge in [-0.2, -0.15) is 10.4 Å². The Morgan fingerprint density at radius 2 is 2.26 bits per heavy atom. The van der Waals surface area contributed by atoms with Crippen LogP contribution < -0.4 is 10.2 Å². The SMILES string of the molecule is CCOC(=O)/C(C#N)=N\Nc1cc(C)ccc1OC. The second kappa shape index (κ2) is 7.01. The molecule has 0 aliphatic carbocycles. The summed E-state index contributed by atoms with van der Waals surface area (Å²) in [5, 5.41) is 12.6. The molecule has 0 fully saturated rings. The highest BCUT2D eigenvalue weighted by molar-refractivity contribution is 6.43. The molecular formula is C13H15N3O3. The molecule has 19 heavy (non-hydrogen) atoms. The van der Waals surface area contributed by atoms with E-state index < -0.39 is 5.97 Å². The highest BCUT2D eigenvalue weighted by atomic mass is 16.5. The fourth-order valence-electron chi connectivity index (χ4n) is 1.34. The molecule has 1 aromatic carbocycles. The molecule has 0 aliphatic rings. The number of ether oxygens (including phenoxy) is 2. The Hall–Kier alpha value is -2.55. The molecule has 1 N–H and O–H groups in total. The number of hydrogen-bond donors (Lipinski definition) is 1. The summed E-state index contributed by atoms with van der Waals surface area (Å²) in [6.45, 7) is 3.75. The van der Waals surface area contributed by atoms with E-state index in [4.69, 9.17) is 14.7 Å². The highest BCUT2D eigenvalue weighted by Crippen LogP contribution is 2.25. The first kappa shape index (κ1) is 14.5. The smallest absolute Gasteiger partial charge is 0.369 e. The van der Waals surface area contributed by atoms with Crippen LogP contribution in [0.4, 0.5) is 5.69 Å². The predicted molar refractivity (Wildman–Crippen MR) is 71.0 cm³/mol. The summed E-state index contributed by atoms with van der Waals surface area (Å²) in [6, 6.07) is 7.12. The van der Waals surface area contributed by atoms with Crippen molar-refractivity contribution in [3.05, 3.63) is 23.8 Å². The number of carbonyl (C=O) groups excluding carboxylic acids is 1. The molecule has 0 aliphatic heterocycles. The van der Waals surface area contributed by atoms with Crippen molar-refractivity contribution in [2.24, 2.45) is 5.10 Å². The van der Waals surface area contributed by atoms with E-state index in [2.05, 4.69) is 10.5 Å². The summed E-state index contributed by atoms with van der Waals surface area (Å²) >= 11 is 0. The summed E-state index contributed by atoms with van der Waals surface area (Å²) in [4.78, 5) is 11.4. The molecule has 0 spiro atoms. The number of nitrogens with zero attached hydrogens (tertiary/aromatic N) is 2. The Morgan fingerprint density at radius 3 is 2.84 bits per heavy atom. The second-order valence-electron chi connectivity index (χ2n) is 3.61. The minimum absolute atomic E-state index is 0.188. The molecule has 1 aromatic rings. The molecule has 0 heterocycles. The Bertz CT molecular complexity index is 532. The van der Waals surface area contributed by atoms with E-state index in [0.29, 0.717) is 11.4 Å². The maximum absolute atomic E-state index is 11.4. The van der Waals surface area contributed by atoms with Gasteiger partial charge < -0.3 is 9.47 Å². The Morgan fingerprint density at radius 1 is 1.53 bits per heavy atom. The molecule has 0 saturated heterocycles. The lowest BCUT2D eigenvalue weighted by molar-refractivity contribution is -0.134. The van der Waals surface area contributed by atoms with Crippen LogP contribution in [0, 0.1) is 18.3 Å². The van der Waals surface area contributed by atoms with Crippen LogP contribution in [0.5, 0.6) is 5.75 Å². The van der Waals surface area contributed by atoms with Crippen molar-refractivity contribution in [2.45, 2.75) is 13.8 Å². The summed E-state index contributed by atoms with van der Waals surface area (Å²) in [6.07, 6.45) is 0. The standard InChI is InChI=1S/C13H15N3O3/c1-4-19-13(17)11(8-14)16-15-10-7-9(2)5-6-12(10)18-3/h5-7,15H,4H2,1-3H3/b16-11-. The van der Waals surface area contributed by atoms with Crippen LogP contribution in [-0.4, -0.2) is 25.4 Å². The normalized spacial score (nSPS) is 10.5. The number of nitrogens with one attached hydrogen (secondary N) is 1. The first-order valence-corrected chi connectivity index (χ1v) is 5.68. The van der Waals surface area contributed by atoms with Crippen LogP contribution in [0.25, 0.3) is 0 Å². The zero-order valence-corrected chi connectivity index (χ0v) is 11.1. The maximum atomic E-state index is 11.4. The van der Waals surface area contributed by atoms with Gasteiger partial charge in [0.2, 0.25) is 5.71 Å². The van der Waals surface area contributed by atoms with Crippen molar-refractivity contribution in [1.29, 1.82) is 5.26 Å². The largest absolute Gasteiger partial charge is 0.495 e. The lowest BCUT2D eigenvalue weighted by Crippen LogP contribution is -2.17. The Kier molecular flexibility index (Phi) is 5.35. The van der Waals surface area contributed by atoms with Gasteiger partial charge in [0.1, 0.15) is 11.8 Å². The molecule has 6 heteroatoms. The second-order valence-corrected chi connectivity index (χ2v) is 3.61. The number of hydrazone groups is 1. The number of anilines is 1. The number of esters is 1. The van der Waals surface area contributed by atoms with Crippen LogP contribution in [0.1, 0.15) is 12.5 Å². The molecule has 0 amide bonds.